The Balaban J connectivity index is 1.88. The molecule has 1 aromatic carbocycles. The minimum absolute atomic E-state index is 0.263. The number of carbonyl (C=O) groups excluding carboxylic acids is 4. The predicted octanol–water partition coefficient (Wildman–Crippen LogP) is -0.0712. The number of carbonyl (C=O) groups is 4. The van der Waals surface area contributed by atoms with Crippen LogP contribution in [0, 0.1) is 0 Å². The van der Waals surface area contributed by atoms with E-state index in [-0.39, 0.29) is 12.3 Å². The van der Waals surface area contributed by atoms with Crippen LogP contribution >= 0.6 is 0 Å². The Labute approximate surface area is 163 Å². The fourth-order valence-corrected chi connectivity index (χ4v) is 3.00. The third-order valence-electron chi connectivity index (χ3n) is 4.52. The van der Waals surface area contributed by atoms with Gasteiger partial charge in [0, 0.05) is 6.42 Å². The Morgan fingerprint density at radius 2 is 1.79 bits per heavy atom. The first-order chi connectivity index (χ1) is 13.4. The van der Waals surface area contributed by atoms with Crippen LogP contribution in [0.2, 0.25) is 0 Å². The van der Waals surface area contributed by atoms with Crippen molar-refractivity contribution in [3.63, 3.8) is 0 Å². The number of piperazine rings is 1. The van der Waals surface area contributed by atoms with Crippen molar-refractivity contribution in [2.24, 2.45) is 5.73 Å². The van der Waals surface area contributed by atoms with Gasteiger partial charge in [0.15, 0.2) is 0 Å². The van der Waals surface area contributed by atoms with Gasteiger partial charge in [-0.1, -0.05) is 36.4 Å². The van der Waals surface area contributed by atoms with Gasteiger partial charge in [0.25, 0.3) is 0 Å². The highest BCUT2D eigenvalue weighted by Gasteiger charge is 2.35. The molecular formula is C20H26N4O4. The Bertz CT molecular complexity index is 735. The second-order valence-corrected chi connectivity index (χ2v) is 6.76. The molecule has 1 aliphatic rings. The van der Waals surface area contributed by atoms with Crippen LogP contribution in [0.3, 0.4) is 0 Å². The minimum Gasteiger partial charge on any atom is -0.368 e. The number of benzene rings is 1. The maximum atomic E-state index is 12.3. The SMILES string of the molecule is C=CCCC[C@H](NC(=O)C[C@@H]1NC(=O)[C@H](Cc2ccccc2)NC1=O)C(N)=O. The fourth-order valence-electron chi connectivity index (χ4n) is 3.00. The summed E-state index contributed by atoms with van der Waals surface area (Å²) in [6.45, 7) is 3.60. The molecule has 0 saturated carbocycles. The van der Waals surface area contributed by atoms with Gasteiger partial charge in [0.1, 0.15) is 18.1 Å². The number of nitrogens with one attached hydrogen (secondary N) is 3. The first kappa shape index (κ1) is 21.1. The molecule has 1 saturated heterocycles. The summed E-state index contributed by atoms with van der Waals surface area (Å²) in [5, 5.41) is 7.77. The van der Waals surface area contributed by atoms with E-state index in [4.69, 9.17) is 5.73 Å². The Hall–Kier alpha value is -3.16. The van der Waals surface area contributed by atoms with E-state index in [0.717, 1.165) is 5.56 Å². The molecule has 1 heterocycles. The second-order valence-electron chi connectivity index (χ2n) is 6.76. The molecule has 150 valence electrons. The van der Waals surface area contributed by atoms with Crippen LogP contribution in [0.15, 0.2) is 43.0 Å². The van der Waals surface area contributed by atoms with E-state index in [2.05, 4.69) is 22.5 Å². The number of nitrogens with two attached hydrogens (primary N) is 1. The lowest BCUT2D eigenvalue weighted by Crippen LogP contribution is -2.63. The number of primary amides is 1. The summed E-state index contributed by atoms with van der Waals surface area (Å²) in [7, 11) is 0. The summed E-state index contributed by atoms with van der Waals surface area (Å²) in [4.78, 5) is 48.3. The van der Waals surface area contributed by atoms with Crippen LogP contribution in [0.25, 0.3) is 0 Å². The van der Waals surface area contributed by atoms with Crippen molar-refractivity contribution in [2.45, 2.75) is 50.2 Å². The molecule has 28 heavy (non-hydrogen) atoms. The summed E-state index contributed by atoms with van der Waals surface area (Å²) in [6.07, 6.45) is 3.55. The van der Waals surface area contributed by atoms with Crippen molar-refractivity contribution in [3.05, 3.63) is 48.6 Å². The van der Waals surface area contributed by atoms with Gasteiger partial charge in [-0.25, -0.2) is 0 Å². The molecule has 5 N–H and O–H groups in total. The molecule has 0 aromatic heterocycles. The minimum atomic E-state index is -0.985. The Morgan fingerprint density at radius 3 is 2.43 bits per heavy atom. The Kier molecular flexibility index (Phi) is 7.74. The number of hydrogen-bond donors (Lipinski definition) is 4. The van der Waals surface area contributed by atoms with Crippen molar-refractivity contribution in [3.8, 4) is 0 Å². The molecule has 4 amide bonds. The average Bonchev–Trinajstić information content (AvgIpc) is 2.66. The van der Waals surface area contributed by atoms with E-state index in [0.29, 0.717) is 25.7 Å². The van der Waals surface area contributed by atoms with Crippen molar-refractivity contribution >= 4 is 23.6 Å². The Morgan fingerprint density at radius 1 is 1.14 bits per heavy atom. The van der Waals surface area contributed by atoms with Gasteiger partial charge in [0.2, 0.25) is 23.6 Å². The summed E-state index contributed by atoms with van der Waals surface area (Å²) < 4.78 is 0. The molecule has 1 aromatic rings. The largest absolute Gasteiger partial charge is 0.368 e. The highest BCUT2D eigenvalue weighted by molar-refractivity contribution is 5.99. The number of hydrogen-bond acceptors (Lipinski definition) is 4. The number of amides is 4. The van der Waals surface area contributed by atoms with Crippen molar-refractivity contribution < 1.29 is 19.2 Å². The van der Waals surface area contributed by atoms with Gasteiger partial charge in [0.05, 0.1) is 6.42 Å². The van der Waals surface area contributed by atoms with Gasteiger partial charge >= 0.3 is 0 Å². The van der Waals surface area contributed by atoms with Crippen LogP contribution < -0.4 is 21.7 Å². The van der Waals surface area contributed by atoms with Crippen LogP contribution in [-0.4, -0.2) is 41.8 Å². The monoisotopic (exact) mass is 386 g/mol. The maximum Gasteiger partial charge on any atom is 0.243 e. The second kappa shape index (κ2) is 10.2. The summed E-state index contributed by atoms with van der Waals surface area (Å²) in [5.74, 6) is -1.95. The first-order valence-corrected chi connectivity index (χ1v) is 9.25. The van der Waals surface area contributed by atoms with Crippen LogP contribution in [0.4, 0.5) is 0 Å². The lowest BCUT2D eigenvalue weighted by molar-refractivity contribution is -0.138. The highest BCUT2D eigenvalue weighted by Crippen LogP contribution is 2.09. The van der Waals surface area contributed by atoms with E-state index in [9.17, 15) is 19.2 Å². The molecule has 1 fully saturated rings. The number of rotatable bonds is 10. The third kappa shape index (κ3) is 6.22. The van der Waals surface area contributed by atoms with E-state index in [1.165, 1.54) is 0 Å². The van der Waals surface area contributed by atoms with Gasteiger partial charge < -0.3 is 21.7 Å². The van der Waals surface area contributed by atoms with Crippen molar-refractivity contribution in [1.82, 2.24) is 16.0 Å². The predicted molar refractivity (Wildman–Crippen MR) is 104 cm³/mol. The molecule has 0 spiro atoms. The third-order valence-corrected chi connectivity index (χ3v) is 4.52. The van der Waals surface area contributed by atoms with E-state index < -0.39 is 35.8 Å². The zero-order chi connectivity index (χ0) is 20.5. The van der Waals surface area contributed by atoms with Crippen molar-refractivity contribution in [1.29, 1.82) is 0 Å². The molecule has 2 rings (SSSR count). The summed E-state index contributed by atoms with van der Waals surface area (Å²) in [6, 6.07) is 6.83. The molecule has 1 aliphatic heterocycles. The molecule has 3 atom stereocenters. The first-order valence-electron chi connectivity index (χ1n) is 9.25. The van der Waals surface area contributed by atoms with Gasteiger partial charge in [-0.05, 0) is 24.8 Å². The van der Waals surface area contributed by atoms with Crippen LogP contribution in [-0.2, 0) is 25.6 Å². The lowest BCUT2D eigenvalue weighted by atomic mass is 10.0. The zero-order valence-corrected chi connectivity index (χ0v) is 15.6. The van der Waals surface area contributed by atoms with Gasteiger partial charge in [-0.2, -0.15) is 0 Å². The molecule has 0 aliphatic carbocycles. The van der Waals surface area contributed by atoms with Gasteiger partial charge in [-0.15, -0.1) is 6.58 Å². The van der Waals surface area contributed by atoms with Crippen LogP contribution in [0.1, 0.15) is 31.2 Å². The summed E-state index contributed by atoms with van der Waals surface area (Å²) >= 11 is 0. The maximum absolute atomic E-state index is 12.3. The highest BCUT2D eigenvalue weighted by atomic mass is 16.2. The smallest absolute Gasteiger partial charge is 0.243 e. The molecular weight excluding hydrogens is 360 g/mol. The zero-order valence-electron chi connectivity index (χ0n) is 15.6. The molecule has 0 bridgehead atoms. The molecule has 8 nitrogen and oxygen atoms in total. The van der Waals surface area contributed by atoms with Crippen molar-refractivity contribution in [2.75, 3.05) is 0 Å². The lowest BCUT2D eigenvalue weighted by Gasteiger charge is -2.29. The van der Waals surface area contributed by atoms with Gasteiger partial charge in [-0.3, -0.25) is 19.2 Å². The van der Waals surface area contributed by atoms with E-state index in [1.54, 1.807) is 6.08 Å². The normalized spacial score (nSPS) is 19.9. The number of unbranched alkanes of at least 4 members (excludes halogenated alkanes) is 1. The molecule has 0 unspecified atom stereocenters. The van der Waals surface area contributed by atoms with Crippen LogP contribution in [0.5, 0.6) is 0 Å². The van der Waals surface area contributed by atoms with E-state index >= 15 is 0 Å². The quantitative estimate of drug-likeness (QED) is 0.331. The van der Waals surface area contributed by atoms with E-state index in [1.807, 2.05) is 30.3 Å². The summed E-state index contributed by atoms with van der Waals surface area (Å²) in [5.41, 5.74) is 6.23. The fraction of sp³-hybridized carbons (Fsp3) is 0.400. The standard InChI is InChI=1S/C20H26N4O4/c1-2-3-5-10-14(18(21)26)22-17(25)12-16-20(28)23-15(19(27)24-16)11-13-8-6-4-7-9-13/h2,4,6-9,14-16H,1,3,5,10-12H2,(H2,21,26)(H,22,25)(H,23,28)(H,24,27)/t14-,15-,16-/m0/s1. The molecule has 0 radical (unpaired) electrons. The molecule has 8 heteroatoms. The average molecular weight is 386 g/mol. The topological polar surface area (TPSA) is 130 Å². The number of allylic oxidation sites excluding steroid dienone is 1.